The molecule has 0 aromatic heterocycles. The number of carbonyl (C=O) groups excluding carboxylic acids is 1. The molecule has 0 heterocycles. The van der Waals surface area contributed by atoms with Crippen molar-refractivity contribution in [3.8, 4) is 0 Å². The van der Waals surface area contributed by atoms with E-state index in [9.17, 15) is 9.90 Å². The highest BCUT2D eigenvalue weighted by Gasteiger charge is 2.18. The molecule has 3 atom stereocenters. The summed E-state index contributed by atoms with van der Waals surface area (Å²) in [6.45, 7) is 8.43. The average molecular weight is 230 g/mol. The Morgan fingerprint density at radius 2 is 1.94 bits per heavy atom. The zero-order chi connectivity index (χ0) is 12.7. The van der Waals surface area contributed by atoms with Crippen molar-refractivity contribution in [2.45, 2.75) is 58.7 Å². The highest BCUT2D eigenvalue weighted by Crippen LogP contribution is 2.01. The third-order valence-corrected chi connectivity index (χ3v) is 2.94. The van der Waals surface area contributed by atoms with E-state index in [2.05, 4.69) is 5.32 Å². The Morgan fingerprint density at radius 1 is 1.38 bits per heavy atom. The first-order valence-electron chi connectivity index (χ1n) is 6.07. The normalized spacial score (nSPS) is 16.9. The summed E-state index contributed by atoms with van der Waals surface area (Å²) in [7, 11) is 1.91. The molecule has 1 amide bonds. The smallest absolute Gasteiger partial charge is 0.237 e. The molecular weight excluding hydrogens is 204 g/mol. The van der Waals surface area contributed by atoms with E-state index in [4.69, 9.17) is 0 Å². The number of carbonyl (C=O) groups is 1. The molecule has 16 heavy (non-hydrogen) atoms. The van der Waals surface area contributed by atoms with Gasteiger partial charge in [0.1, 0.15) is 0 Å². The van der Waals surface area contributed by atoms with E-state index in [-0.39, 0.29) is 24.1 Å². The maximum atomic E-state index is 11.8. The monoisotopic (exact) mass is 230 g/mol. The van der Waals surface area contributed by atoms with Gasteiger partial charge < -0.3 is 10.4 Å². The number of rotatable bonds is 7. The van der Waals surface area contributed by atoms with Crippen LogP contribution in [0.15, 0.2) is 0 Å². The first kappa shape index (κ1) is 15.4. The van der Waals surface area contributed by atoms with Crippen molar-refractivity contribution >= 4 is 5.91 Å². The number of aliphatic hydroxyl groups is 1. The van der Waals surface area contributed by atoms with Crippen LogP contribution in [0.4, 0.5) is 0 Å². The van der Waals surface area contributed by atoms with Gasteiger partial charge in [0.2, 0.25) is 5.91 Å². The van der Waals surface area contributed by atoms with Crippen LogP contribution in [0.3, 0.4) is 0 Å². The molecule has 0 aromatic rings. The van der Waals surface area contributed by atoms with Crippen molar-refractivity contribution in [2.75, 3.05) is 13.6 Å². The summed E-state index contributed by atoms with van der Waals surface area (Å²) in [6.07, 6.45) is 1.32. The van der Waals surface area contributed by atoms with Gasteiger partial charge >= 0.3 is 0 Å². The number of aliphatic hydroxyl groups excluding tert-OH is 1. The number of nitrogens with zero attached hydrogens (tertiary/aromatic N) is 1. The van der Waals surface area contributed by atoms with Gasteiger partial charge in [-0.1, -0.05) is 6.92 Å². The summed E-state index contributed by atoms with van der Waals surface area (Å²) in [5.41, 5.74) is 0. The van der Waals surface area contributed by atoms with E-state index >= 15 is 0 Å². The molecule has 96 valence electrons. The van der Waals surface area contributed by atoms with Crippen molar-refractivity contribution in [3.63, 3.8) is 0 Å². The number of amides is 1. The number of nitrogens with one attached hydrogen (secondary N) is 1. The zero-order valence-electron chi connectivity index (χ0n) is 11.2. The van der Waals surface area contributed by atoms with Gasteiger partial charge in [-0.3, -0.25) is 9.69 Å². The molecular formula is C12H26N2O2. The Hall–Kier alpha value is -0.610. The third kappa shape index (κ3) is 6.08. The molecule has 0 spiro atoms. The van der Waals surface area contributed by atoms with E-state index in [1.54, 1.807) is 6.92 Å². The molecule has 4 heteroatoms. The van der Waals surface area contributed by atoms with E-state index in [0.29, 0.717) is 6.42 Å². The maximum Gasteiger partial charge on any atom is 0.237 e. The molecule has 4 nitrogen and oxygen atoms in total. The fourth-order valence-electron chi connectivity index (χ4n) is 1.25. The third-order valence-electron chi connectivity index (χ3n) is 2.94. The Balaban J connectivity index is 4.01. The molecule has 0 aromatic carbocycles. The molecule has 0 saturated carbocycles. The first-order chi connectivity index (χ1) is 7.38. The second-order valence-corrected chi connectivity index (χ2v) is 4.61. The van der Waals surface area contributed by atoms with Crippen molar-refractivity contribution in [1.82, 2.24) is 10.2 Å². The van der Waals surface area contributed by atoms with E-state index < -0.39 is 0 Å². The summed E-state index contributed by atoms with van der Waals surface area (Å²) >= 11 is 0. The lowest BCUT2D eigenvalue weighted by molar-refractivity contribution is -0.126. The second-order valence-electron chi connectivity index (χ2n) is 4.61. The lowest BCUT2D eigenvalue weighted by Gasteiger charge is -2.25. The van der Waals surface area contributed by atoms with Gasteiger partial charge in [0.05, 0.1) is 12.1 Å². The first-order valence-corrected chi connectivity index (χ1v) is 6.07. The summed E-state index contributed by atoms with van der Waals surface area (Å²) in [5.74, 6) is 0.0578. The standard InChI is InChI=1S/C12H26N2O2/c1-6-9(2)13-12(16)11(4)14(5)8-7-10(3)15/h9-11,15H,6-8H2,1-5H3,(H,13,16). The van der Waals surface area contributed by atoms with Gasteiger partial charge in [-0.05, 0) is 40.7 Å². The van der Waals surface area contributed by atoms with Gasteiger partial charge in [-0.15, -0.1) is 0 Å². The van der Waals surface area contributed by atoms with Crippen LogP contribution in [0.5, 0.6) is 0 Å². The highest BCUT2D eigenvalue weighted by atomic mass is 16.3. The molecule has 0 radical (unpaired) electrons. The van der Waals surface area contributed by atoms with Gasteiger partial charge in [0, 0.05) is 12.6 Å². The number of likely N-dealkylation sites (N-methyl/N-ethyl adjacent to an activating group) is 1. The van der Waals surface area contributed by atoms with Gasteiger partial charge in [-0.25, -0.2) is 0 Å². The van der Waals surface area contributed by atoms with E-state index in [1.165, 1.54) is 0 Å². The molecule has 0 fully saturated rings. The molecule has 0 bridgehead atoms. The maximum absolute atomic E-state index is 11.8. The van der Waals surface area contributed by atoms with Crippen LogP contribution in [-0.4, -0.2) is 47.7 Å². The molecule has 0 rings (SSSR count). The molecule has 2 N–H and O–H groups in total. The number of hydrogen-bond acceptors (Lipinski definition) is 3. The van der Waals surface area contributed by atoms with Crippen LogP contribution >= 0.6 is 0 Å². The SMILES string of the molecule is CCC(C)NC(=O)C(C)N(C)CCC(C)O. The minimum atomic E-state index is -0.313. The van der Waals surface area contributed by atoms with Crippen LogP contribution in [0.2, 0.25) is 0 Å². The summed E-state index contributed by atoms with van der Waals surface area (Å²) in [4.78, 5) is 13.7. The van der Waals surface area contributed by atoms with Gasteiger partial charge in [-0.2, -0.15) is 0 Å². The predicted molar refractivity (Wildman–Crippen MR) is 66.3 cm³/mol. The van der Waals surface area contributed by atoms with Gasteiger partial charge in [0.25, 0.3) is 0 Å². The van der Waals surface area contributed by atoms with Crippen LogP contribution in [0, 0.1) is 0 Å². The minimum Gasteiger partial charge on any atom is -0.393 e. The second kappa shape index (κ2) is 7.63. The van der Waals surface area contributed by atoms with Crippen molar-refractivity contribution in [1.29, 1.82) is 0 Å². The number of hydrogen-bond donors (Lipinski definition) is 2. The quantitative estimate of drug-likeness (QED) is 0.686. The van der Waals surface area contributed by atoms with Crippen LogP contribution in [0.25, 0.3) is 0 Å². The van der Waals surface area contributed by atoms with Crippen LogP contribution < -0.4 is 5.32 Å². The van der Waals surface area contributed by atoms with Gasteiger partial charge in [0.15, 0.2) is 0 Å². The van der Waals surface area contributed by atoms with E-state index in [0.717, 1.165) is 13.0 Å². The Labute approximate surface area is 99.0 Å². The van der Waals surface area contributed by atoms with E-state index in [1.807, 2.05) is 32.7 Å². The van der Waals surface area contributed by atoms with Crippen LogP contribution in [0.1, 0.15) is 40.5 Å². The highest BCUT2D eigenvalue weighted by molar-refractivity contribution is 5.81. The molecule has 3 unspecified atom stereocenters. The summed E-state index contributed by atoms with van der Waals surface area (Å²) in [6, 6.07) is 0.0767. The molecule has 0 aliphatic carbocycles. The summed E-state index contributed by atoms with van der Waals surface area (Å²) in [5, 5.41) is 12.1. The minimum absolute atomic E-state index is 0.0578. The Kier molecular flexibility index (Phi) is 7.34. The lowest BCUT2D eigenvalue weighted by Crippen LogP contribution is -2.46. The fraction of sp³-hybridized carbons (Fsp3) is 0.917. The molecule has 0 aliphatic heterocycles. The fourth-order valence-corrected chi connectivity index (χ4v) is 1.25. The van der Waals surface area contributed by atoms with Crippen molar-refractivity contribution in [2.24, 2.45) is 0 Å². The van der Waals surface area contributed by atoms with Crippen molar-refractivity contribution < 1.29 is 9.90 Å². The average Bonchev–Trinajstić information content (AvgIpc) is 2.24. The molecule has 0 saturated heterocycles. The van der Waals surface area contributed by atoms with Crippen LogP contribution in [-0.2, 0) is 4.79 Å². The van der Waals surface area contributed by atoms with Crippen molar-refractivity contribution in [3.05, 3.63) is 0 Å². The zero-order valence-corrected chi connectivity index (χ0v) is 11.2. The molecule has 0 aliphatic rings. The Bertz CT molecular complexity index is 207. The largest absolute Gasteiger partial charge is 0.393 e. The lowest BCUT2D eigenvalue weighted by atomic mass is 10.2. The predicted octanol–water partition coefficient (Wildman–Crippen LogP) is 0.992. The Morgan fingerprint density at radius 3 is 2.38 bits per heavy atom. The summed E-state index contributed by atoms with van der Waals surface area (Å²) < 4.78 is 0. The topological polar surface area (TPSA) is 52.6 Å².